The summed E-state index contributed by atoms with van der Waals surface area (Å²) in [4.78, 5) is 13.0. The molecule has 2 aromatic carbocycles. The molecule has 4 nitrogen and oxygen atoms in total. The first-order valence-corrected chi connectivity index (χ1v) is 9.35. The lowest BCUT2D eigenvalue weighted by molar-refractivity contribution is -0.153. The van der Waals surface area contributed by atoms with E-state index in [1.165, 1.54) is 25.3 Å². The van der Waals surface area contributed by atoms with Crippen LogP contribution in [-0.4, -0.2) is 25.8 Å². The Balaban J connectivity index is 1.75. The maximum absolute atomic E-state index is 14.2. The Morgan fingerprint density at radius 2 is 1.93 bits per heavy atom. The van der Waals surface area contributed by atoms with Gasteiger partial charge in [0.25, 0.3) is 5.91 Å². The molecule has 29 heavy (non-hydrogen) atoms. The van der Waals surface area contributed by atoms with Crippen molar-refractivity contribution in [1.29, 1.82) is 0 Å². The maximum Gasteiger partial charge on any atom is 0.422 e. The van der Waals surface area contributed by atoms with Crippen LogP contribution in [-0.2, 0) is 17.9 Å². The second-order valence-corrected chi connectivity index (χ2v) is 7.24. The molecule has 3 rings (SSSR count). The Kier molecular flexibility index (Phi) is 6.39. The standard InChI is InChI=1S/C20H17F4NO3S/c1-27-10-14-17-15(21)6-3-7-16(17)29-18(14)19(26)25-9-12-4-2-5-13(8-12)28-11-20(22,23)24/h2-8H,9-11H2,1H3,(H,25,26). The molecule has 1 amide bonds. The number of carbonyl (C=O) groups excluding carboxylic acids is 1. The zero-order valence-corrected chi connectivity index (χ0v) is 16.1. The highest BCUT2D eigenvalue weighted by molar-refractivity contribution is 7.21. The molecule has 1 heterocycles. The maximum atomic E-state index is 14.2. The number of alkyl halides is 3. The van der Waals surface area contributed by atoms with Gasteiger partial charge in [0.15, 0.2) is 6.61 Å². The Bertz CT molecular complexity index is 1020. The number of ether oxygens (including phenoxy) is 2. The fourth-order valence-corrected chi connectivity index (χ4v) is 3.94. The van der Waals surface area contributed by atoms with Gasteiger partial charge in [-0.1, -0.05) is 18.2 Å². The van der Waals surface area contributed by atoms with Crippen molar-refractivity contribution in [2.45, 2.75) is 19.3 Å². The molecule has 154 valence electrons. The van der Waals surface area contributed by atoms with E-state index in [2.05, 4.69) is 5.32 Å². The van der Waals surface area contributed by atoms with Gasteiger partial charge in [0.1, 0.15) is 11.6 Å². The van der Waals surface area contributed by atoms with Gasteiger partial charge in [-0.2, -0.15) is 13.2 Å². The normalized spacial score (nSPS) is 11.6. The SMILES string of the molecule is COCc1c(C(=O)NCc2cccc(OCC(F)(F)F)c2)sc2cccc(F)c12. The van der Waals surface area contributed by atoms with Gasteiger partial charge in [0.05, 0.1) is 11.5 Å². The van der Waals surface area contributed by atoms with Crippen LogP contribution in [0.3, 0.4) is 0 Å². The average molecular weight is 427 g/mol. The van der Waals surface area contributed by atoms with Gasteiger partial charge >= 0.3 is 6.18 Å². The Hall–Kier alpha value is -2.65. The van der Waals surface area contributed by atoms with Gasteiger partial charge in [-0.3, -0.25) is 4.79 Å². The number of hydrogen-bond donors (Lipinski definition) is 1. The minimum atomic E-state index is -4.43. The van der Waals surface area contributed by atoms with E-state index in [0.29, 0.717) is 26.1 Å². The molecular formula is C20H17F4NO3S. The number of amides is 1. The molecule has 1 N–H and O–H groups in total. The topological polar surface area (TPSA) is 47.6 Å². The van der Waals surface area contributed by atoms with Gasteiger partial charge in [-0.05, 0) is 29.8 Å². The fourth-order valence-electron chi connectivity index (χ4n) is 2.81. The molecule has 0 saturated heterocycles. The van der Waals surface area contributed by atoms with Crippen molar-refractivity contribution >= 4 is 27.3 Å². The number of rotatable bonds is 7. The van der Waals surface area contributed by atoms with Crippen LogP contribution in [0.4, 0.5) is 17.6 Å². The Morgan fingerprint density at radius 1 is 1.17 bits per heavy atom. The summed E-state index contributed by atoms with van der Waals surface area (Å²) in [5.74, 6) is -0.795. The van der Waals surface area contributed by atoms with Crippen LogP contribution in [0.5, 0.6) is 5.75 Å². The summed E-state index contributed by atoms with van der Waals surface area (Å²) in [5, 5.41) is 3.06. The third-order valence-electron chi connectivity index (χ3n) is 4.01. The minimum absolute atomic E-state index is 0.0538. The summed E-state index contributed by atoms with van der Waals surface area (Å²) in [6.07, 6.45) is -4.43. The molecule has 3 aromatic rings. The summed E-state index contributed by atoms with van der Waals surface area (Å²) < 4.78 is 61.5. The quantitative estimate of drug-likeness (QED) is 0.537. The number of fused-ring (bicyclic) bond motifs is 1. The number of methoxy groups -OCH3 is 1. The molecule has 1 aromatic heterocycles. The molecular weight excluding hydrogens is 410 g/mol. The second kappa shape index (κ2) is 8.79. The molecule has 0 radical (unpaired) electrons. The molecule has 9 heteroatoms. The first-order valence-electron chi connectivity index (χ1n) is 8.54. The van der Waals surface area contributed by atoms with Crippen LogP contribution in [0.25, 0.3) is 10.1 Å². The highest BCUT2D eigenvalue weighted by Crippen LogP contribution is 2.33. The van der Waals surface area contributed by atoms with E-state index in [4.69, 9.17) is 9.47 Å². The van der Waals surface area contributed by atoms with E-state index in [1.807, 2.05) is 0 Å². The van der Waals surface area contributed by atoms with E-state index in [1.54, 1.807) is 24.3 Å². The summed E-state index contributed by atoms with van der Waals surface area (Å²) in [6, 6.07) is 10.6. The van der Waals surface area contributed by atoms with Crippen LogP contribution in [0.2, 0.25) is 0 Å². The van der Waals surface area contributed by atoms with Crippen LogP contribution in [0.1, 0.15) is 20.8 Å². The number of nitrogens with one attached hydrogen (secondary N) is 1. The average Bonchev–Trinajstić information content (AvgIpc) is 3.05. The van der Waals surface area contributed by atoms with Crippen molar-refractivity contribution in [2.24, 2.45) is 0 Å². The molecule has 0 atom stereocenters. The van der Waals surface area contributed by atoms with E-state index in [0.717, 1.165) is 11.3 Å². The van der Waals surface area contributed by atoms with Gasteiger partial charge in [0.2, 0.25) is 0 Å². The second-order valence-electron chi connectivity index (χ2n) is 6.19. The van der Waals surface area contributed by atoms with Gasteiger partial charge in [0, 0.05) is 29.3 Å². The van der Waals surface area contributed by atoms with Gasteiger partial charge < -0.3 is 14.8 Å². The summed E-state index contributed by atoms with van der Waals surface area (Å²) >= 11 is 1.15. The van der Waals surface area contributed by atoms with Crippen molar-refractivity contribution in [3.8, 4) is 5.75 Å². The zero-order valence-electron chi connectivity index (χ0n) is 15.3. The van der Waals surface area contributed by atoms with Crippen molar-refractivity contribution in [3.63, 3.8) is 0 Å². The number of carbonyl (C=O) groups is 1. The monoisotopic (exact) mass is 427 g/mol. The van der Waals surface area contributed by atoms with Gasteiger partial charge in [-0.15, -0.1) is 11.3 Å². The minimum Gasteiger partial charge on any atom is -0.484 e. The highest BCUT2D eigenvalue weighted by Gasteiger charge is 2.28. The molecule has 0 bridgehead atoms. The fraction of sp³-hybridized carbons (Fsp3) is 0.250. The van der Waals surface area contributed by atoms with E-state index in [9.17, 15) is 22.4 Å². The molecule has 0 saturated carbocycles. The molecule has 0 fully saturated rings. The number of benzene rings is 2. The number of halogens is 4. The van der Waals surface area contributed by atoms with E-state index < -0.39 is 24.5 Å². The molecule has 0 unspecified atom stereocenters. The lowest BCUT2D eigenvalue weighted by Gasteiger charge is -2.11. The van der Waals surface area contributed by atoms with Crippen LogP contribution >= 0.6 is 11.3 Å². The number of hydrogen-bond acceptors (Lipinski definition) is 4. The van der Waals surface area contributed by atoms with Crippen LogP contribution in [0, 0.1) is 5.82 Å². The van der Waals surface area contributed by atoms with E-state index in [-0.39, 0.29) is 18.9 Å². The first kappa shape index (κ1) is 21.1. The van der Waals surface area contributed by atoms with E-state index >= 15 is 0 Å². The molecule has 0 aliphatic carbocycles. The van der Waals surface area contributed by atoms with Crippen LogP contribution < -0.4 is 10.1 Å². The smallest absolute Gasteiger partial charge is 0.422 e. The summed E-state index contributed by atoms with van der Waals surface area (Å²) in [7, 11) is 1.46. The predicted octanol–water partition coefficient (Wildman–Crippen LogP) is 5.06. The zero-order chi connectivity index (χ0) is 21.0. The van der Waals surface area contributed by atoms with Crippen molar-refractivity contribution in [1.82, 2.24) is 5.32 Å². The highest BCUT2D eigenvalue weighted by atomic mass is 32.1. The predicted molar refractivity (Wildman–Crippen MR) is 102 cm³/mol. The lowest BCUT2D eigenvalue weighted by atomic mass is 10.1. The van der Waals surface area contributed by atoms with Crippen molar-refractivity contribution < 1.29 is 31.8 Å². The number of thiophene rings is 1. The van der Waals surface area contributed by atoms with Crippen molar-refractivity contribution in [2.75, 3.05) is 13.7 Å². The molecule has 0 aliphatic heterocycles. The lowest BCUT2D eigenvalue weighted by Crippen LogP contribution is -2.23. The Morgan fingerprint density at radius 3 is 2.66 bits per heavy atom. The molecule has 0 aliphatic rings. The third kappa shape index (κ3) is 5.24. The first-order chi connectivity index (χ1) is 13.8. The summed E-state index contributed by atoms with van der Waals surface area (Å²) in [5.41, 5.74) is 1.03. The third-order valence-corrected chi connectivity index (χ3v) is 5.21. The summed E-state index contributed by atoms with van der Waals surface area (Å²) in [6.45, 7) is -1.24. The molecule has 0 spiro atoms. The van der Waals surface area contributed by atoms with Gasteiger partial charge in [-0.25, -0.2) is 4.39 Å². The van der Waals surface area contributed by atoms with Crippen LogP contribution in [0.15, 0.2) is 42.5 Å². The largest absolute Gasteiger partial charge is 0.484 e. The Labute approximate surface area is 168 Å². The van der Waals surface area contributed by atoms with Crippen molar-refractivity contribution in [3.05, 3.63) is 64.3 Å².